The van der Waals surface area contributed by atoms with E-state index in [-0.39, 0.29) is 25.4 Å². The third-order valence-corrected chi connectivity index (χ3v) is 3.51. The topological polar surface area (TPSA) is 96.3 Å². The van der Waals surface area contributed by atoms with Crippen LogP contribution >= 0.6 is 0 Å². The number of esters is 1. The van der Waals surface area contributed by atoms with E-state index in [1.807, 2.05) is 0 Å². The molecule has 0 aromatic carbocycles. The summed E-state index contributed by atoms with van der Waals surface area (Å²) in [6, 6.07) is 0. The van der Waals surface area contributed by atoms with E-state index in [4.69, 9.17) is 9.94 Å². The molecular formula is C8H14N2O5S. The Kier molecular flexibility index (Phi) is 3.87. The van der Waals surface area contributed by atoms with E-state index < -0.39 is 21.9 Å². The van der Waals surface area contributed by atoms with Gasteiger partial charge in [-0.3, -0.25) is 4.79 Å². The number of sulfonamides is 1. The Morgan fingerprint density at radius 3 is 2.75 bits per heavy atom. The van der Waals surface area contributed by atoms with Crippen molar-refractivity contribution in [1.29, 1.82) is 0 Å². The minimum atomic E-state index is -3.39. The number of rotatable bonds is 3. The molecule has 1 rings (SSSR count). The van der Waals surface area contributed by atoms with Crippen LogP contribution in [0.3, 0.4) is 0 Å². The van der Waals surface area contributed by atoms with Crippen molar-refractivity contribution in [1.82, 2.24) is 4.31 Å². The number of carbonyl (C=O) groups excluding carboxylic acids is 1. The molecule has 0 amide bonds. The highest BCUT2D eigenvalue weighted by Crippen LogP contribution is 2.18. The normalized spacial score (nSPS) is 24.9. The summed E-state index contributed by atoms with van der Waals surface area (Å²) in [7, 11) is -3.39. The zero-order valence-corrected chi connectivity index (χ0v) is 9.90. The Hall–Kier alpha value is -1.15. The molecule has 1 fully saturated rings. The second-order valence-corrected chi connectivity index (χ2v) is 5.43. The monoisotopic (exact) mass is 250 g/mol. The lowest BCUT2D eigenvalue weighted by atomic mass is 10.1. The first-order valence-electron chi connectivity index (χ1n) is 4.72. The third kappa shape index (κ3) is 2.70. The van der Waals surface area contributed by atoms with Crippen LogP contribution in [-0.4, -0.2) is 55.6 Å². The maximum absolute atomic E-state index is 11.5. The van der Waals surface area contributed by atoms with Gasteiger partial charge in [-0.1, -0.05) is 5.16 Å². The molecule has 0 aromatic heterocycles. The van der Waals surface area contributed by atoms with Crippen molar-refractivity contribution >= 4 is 21.7 Å². The van der Waals surface area contributed by atoms with E-state index in [2.05, 4.69) is 5.16 Å². The van der Waals surface area contributed by atoms with Crippen LogP contribution in [0.25, 0.3) is 0 Å². The van der Waals surface area contributed by atoms with Crippen LogP contribution in [0.1, 0.15) is 6.92 Å². The highest BCUT2D eigenvalue weighted by atomic mass is 32.2. The molecule has 1 aliphatic rings. The fraction of sp³-hybridized carbons (Fsp3) is 0.750. The highest BCUT2D eigenvalue weighted by Gasteiger charge is 2.39. The molecule has 1 unspecified atom stereocenters. The molecule has 1 aliphatic heterocycles. The molecule has 16 heavy (non-hydrogen) atoms. The van der Waals surface area contributed by atoms with Crippen molar-refractivity contribution in [2.45, 2.75) is 6.92 Å². The molecule has 7 nitrogen and oxygen atoms in total. The average molecular weight is 250 g/mol. The Balaban J connectivity index is 2.85. The van der Waals surface area contributed by atoms with Gasteiger partial charge >= 0.3 is 5.97 Å². The first kappa shape index (κ1) is 12.9. The Bertz CT molecular complexity index is 403. The second-order valence-electron chi connectivity index (χ2n) is 3.45. The second kappa shape index (κ2) is 4.79. The van der Waals surface area contributed by atoms with Gasteiger partial charge < -0.3 is 9.94 Å². The van der Waals surface area contributed by atoms with Crippen molar-refractivity contribution in [2.24, 2.45) is 11.1 Å². The Labute approximate surface area is 93.7 Å². The van der Waals surface area contributed by atoms with E-state index in [1.165, 1.54) is 0 Å². The lowest BCUT2D eigenvalue weighted by Crippen LogP contribution is -2.29. The van der Waals surface area contributed by atoms with Gasteiger partial charge in [0.05, 0.1) is 25.1 Å². The van der Waals surface area contributed by atoms with Gasteiger partial charge in [0.15, 0.2) is 0 Å². The van der Waals surface area contributed by atoms with Crippen LogP contribution in [0, 0.1) is 5.92 Å². The zero-order valence-electron chi connectivity index (χ0n) is 9.08. The summed E-state index contributed by atoms with van der Waals surface area (Å²) in [4.78, 5) is 11.5. The van der Waals surface area contributed by atoms with Crippen LogP contribution in [0.2, 0.25) is 0 Å². The van der Waals surface area contributed by atoms with Crippen molar-refractivity contribution in [3.63, 3.8) is 0 Å². The van der Waals surface area contributed by atoms with Crippen LogP contribution in [-0.2, 0) is 19.6 Å². The molecule has 1 heterocycles. The zero-order chi connectivity index (χ0) is 12.3. The summed E-state index contributed by atoms with van der Waals surface area (Å²) in [6.45, 7) is 1.75. The molecule has 1 atom stereocenters. The minimum Gasteiger partial charge on any atom is -0.465 e. The number of ether oxygens (including phenoxy) is 1. The lowest BCUT2D eigenvalue weighted by Gasteiger charge is -2.11. The SMILES string of the molecule is CCOC(=O)C1CN(S(C)(=O)=O)C/C1=N\O. The molecule has 1 N–H and O–H groups in total. The van der Waals surface area contributed by atoms with E-state index in [1.54, 1.807) is 6.92 Å². The molecule has 0 aliphatic carbocycles. The number of nitrogens with zero attached hydrogens (tertiary/aromatic N) is 2. The van der Waals surface area contributed by atoms with E-state index in [0.29, 0.717) is 0 Å². The lowest BCUT2D eigenvalue weighted by molar-refractivity contribution is -0.145. The number of hydrogen-bond acceptors (Lipinski definition) is 6. The third-order valence-electron chi connectivity index (χ3n) is 2.30. The molecule has 1 saturated heterocycles. The summed E-state index contributed by atoms with van der Waals surface area (Å²) >= 11 is 0. The van der Waals surface area contributed by atoms with Gasteiger partial charge in [-0.2, -0.15) is 4.31 Å². The maximum Gasteiger partial charge on any atom is 0.316 e. The Morgan fingerprint density at radius 1 is 1.69 bits per heavy atom. The molecule has 0 bridgehead atoms. The minimum absolute atomic E-state index is 0.0307. The molecule has 0 saturated carbocycles. The van der Waals surface area contributed by atoms with Gasteiger partial charge in [0, 0.05) is 6.54 Å². The van der Waals surface area contributed by atoms with Gasteiger partial charge in [-0.25, -0.2) is 8.42 Å². The smallest absolute Gasteiger partial charge is 0.316 e. The fourth-order valence-electron chi connectivity index (χ4n) is 1.47. The van der Waals surface area contributed by atoms with Crippen LogP contribution in [0.4, 0.5) is 0 Å². The Morgan fingerprint density at radius 2 is 2.31 bits per heavy atom. The molecule has 0 radical (unpaired) electrons. The van der Waals surface area contributed by atoms with Crippen LogP contribution < -0.4 is 0 Å². The quantitative estimate of drug-likeness (QED) is 0.405. The predicted molar refractivity (Wildman–Crippen MR) is 55.8 cm³/mol. The molecule has 0 spiro atoms. The first-order valence-corrected chi connectivity index (χ1v) is 6.57. The molecule has 92 valence electrons. The van der Waals surface area contributed by atoms with Crippen molar-refractivity contribution in [3.8, 4) is 0 Å². The van der Waals surface area contributed by atoms with E-state index in [0.717, 1.165) is 10.6 Å². The average Bonchev–Trinajstić information content (AvgIpc) is 2.61. The summed E-state index contributed by atoms with van der Waals surface area (Å²) in [5.74, 6) is -1.37. The molecule has 0 aromatic rings. The number of oxime groups is 1. The van der Waals surface area contributed by atoms with E-state index >= 15 is 0 Å². The van der Waals surface area contributed by atoms with Gasteiger partial charge in [0.1, 0.15) is 5.92 Å². The molecular weight excluding hydrogens is 236 g/mol. The van der Waals surface area contributed by atoms with Gasteiger partial charge in [0.25, 0.3) is 0 Å². The van der Waals surface area contributed by atoms with Crippen molar-refractivity contribution in [2.75, 3.05) is 26.0 Å². The van der Waals surface area contributed by atoms with Crippen LogP contribution in [0.15, 0.2) is 5.16 Å². The fourth-order valence-corrected chi connectivity index (χ4v) is 2.26. The number of hydrogen-bond donors (Lipinski definition) is 1. The van der Waals surface area contributed by atoms with E-state index in [9.17, 15) is 13.2 Å². The largest absolute Gasteiger partial charge is 0.465 e. The first-order chi connectivity index (χ1) is 7.40. The van der Waals surface area contributed by atoms with Gasteiger partial charge in [-0.05, 0) is 6.92 Å². The summed E-state index contributed by atoms with van der Waals surface area (Å²) in [6.07, 6.45) is 1.04. The highest BCUT2D eigenvalue weighted by molar-refractivity contribution is 7.88. The summed E-state index contributed by atoms with van der Waals surface area (Å²) in [5.41, 5.74) is 0.115. The van der Waals surface area contributed by atoms with Crippen molar-refractivity contribution in [3.05, 3.63) is 0 Å². The maximum atomic E-state index is 11.5. The number of carbonyl (C=O) groups is 1. The predicted octanol–water partition coefficient (Wildman–Crippen LogP) is -0.729. The summed E-state index contributed by atoms with van der Waals surface area (Å²) < 4.78 is 28.4. The summed E-state index contributed by atoms with van der Waals surface area (Å²) in [5, 5.41) is 11.6. The van der Waals surface area contributed by atoms with Crippen molar-refractivity contribution < 1.29 is 23.2 Å². The van der Waals surface area contributed by atoms with Gasteiger partial charge in [-0.15, -0.1) is 0 Å². The van der Waals surface area contributed by atoms with Crippen LogP contribution in [0.5, 0.6) is 0 Å². The molecule has 8 heteroatoms. The standard InChI is InChI=1S/C8H14N2O5S/c1-3-15-8(11)6-4-10(16(2,13)14)5-7(6)9-12/h6,12H,3-5H2,1-2H3/b9-7+. The van der Waals surface area contributed by atoms with Gasteiger partial charge in [0.2, 0.25) is 10.0 Å².